The average Bonchev–Trinajstić information content (AvgIpc) is 2.58. The zero-order valence-corrected chi connectivity index (χ0v) is 17.4. The number of amides is 2. The molecule has 128 valence electrons. The van der Waals surface area contributed by atoms with E-state index in [2.05, 4.69) is 0 Å². The van der Waals surface area contributed by atoms with Gasteiger partial charge >= 0.3 is 19.5 Å². The van der Waals surface area contributed by atoms with E-state index in [1.54, 1.807) is 62.4 Å². The van der Waals surface area contributed by atoms with E-state index in [4.69, 9.17) is 0 Å². The SMILES string of the molecule is CCN(C(=O)[O-])c1ccccc1.CCN(C(=O)[O-])c1ccccc1.[Zn+2]. The first-order chi connectivity index (χ1) is 11.5. The van der Waals surface area contributed by atoms with Gasteiger partial charge in [-0.15, -0.1) is 0 Å². The van der Waals surface area contributed by atoms with Crippen molar-refractivity contribution in [1.82, 2.24) is 0 Å². The van der Waals surface area contributed by atoms with Crippen molar-refractivity contribution < 1.29 is 39.3 Å². The molecule has 25 heavy (non-hydrogen) atoms. The van der Waals surface area contributed by atoms with Crippen LogP contribution in [0.15, 0.2) is 60.7 Å². The fourth-order valence-corrected chi connectivity index (χ4v) is 2.05. The molecule has 0 atom stereocenters. The van der Waals surface area contributed by atoms with Crippen LogP contribution >= 0.6 is 0 Å². The van der Waals surface area contributed by atoms with Gasteiger partial charge in [0.1, 0.15) is 12.2 Å². The van der Waals surface area contributed by atoms with Crippen molar-refractivity contribution in [3.8, 4) is 0 Å². The average molecular weight is 394 g/mol. The van der Waals surface area contributed by atoms with Crippen molar-refractivity contribution in [2.75, 3.05) is 22.9 Å². The van der Waals surface area contributed by atoms with Crippen molar-refractivity contribution in [3.63, 3.8) is 0 Å². The summed E-state index contributed by atoms with van der Waals surface area (Å²) in [5, 5.41) is 21.1. The molecule has 0 unspecified atom stereocenters. The summed E-state index contributed by atoms with van der Waals surface area (Å²) < 4.78 is 0. The molecule has 0 saturated heterocycles. The second kappa shape index (κ2) is 12.0. The number of hydrogen-bond acceptors (Lipinski definition) is 4. The van der Waals surface area contributed by atoms with Crippen molar-refractivity contribution in [2.24, 2.45) is 0 Å². The molecule has 0 aromatic heterocycles. The molecule has 0 N–H and O–H groups in total. The number of carbonyl (C=O) groups is 2. The molecule has 2 aromatic rings. The number of hydrogen-bond donors (Lipinski definition) is 0. The summed E-state index contributed by atoms with van der Waals surface area (Å²) in [5.74, 6) is 0. The van der Waals surface area contributed by atoms with Gasteiger partial charge < -0.3 is 29.6 Å². The first-order valence-electron chi connectivity index (χ1n) is 7.58. The smallest absolute Gasteiger partial charge is 0.530 e. The second-order valence-electron chi connectivity index (χ2n) is 4.69. The number of rotatable bonds is 4. The zero-order valence-electron chi connectivity index (χ0n) is 14.4. The van der Waals surface area contributed by atoms with Gasteiger partial charge in [0, 0.05) is 24.5 Å². The molecular formula is C18H20N2O4Zn. The summed E-state index contributed by atoms with van der Waals surface area (Å²) >= 11 is 0. The first kappa shape index (κ1) is 22.6. The molecule has 0 fully saturated rings. The number of carboxylic acid groups (broad SMARTS) is 2. The minimum atomic E-state index is -1.16. The van der Waals surface area contributed by atoms with Crippen LogP contribution in [-0.2, 0) is 19.5 Å². The number of para-hydroxylation sites is 2. The number of nitrogens with zero attached hydrogens (tertiary/aromatic N) is 2. The van der Waals surface area contributed by atoms with Crippen LogP contribution in [0.3, 0.4) is 0 Å². The molecule has 7 heteroatoms. The quantitative estimate of drug-likeness (QED) is 0.740. The standard InChI is InChI=1S/2C9H11NO2.Zn/c2*1-2-10(9(11)12)8-6-4-3-5-7-8;/h2*3-7H,2H2,1H3,(H,11,12);/q;;+2/p-2. The molecule has 0 heterocycles. The molecule has 0 saturated carbocycles. The summed E-state index contributed by atoms with van der Waals surface area (Å²) in [5.41, 5.74) is 1.31. The fourth-order valence-electron chi connectivity index (χ4n) is 2.05. The van der Waals surface area contributed by atoms with E-state index in [0.717, 1.165) is 0 Å². The maximum atomic E-state index is 10.5. The summed E-state index contributed by atoms with van der Waals surface area (Å²) in [7, 11) is 0. The van der Waals surface area contributed by atoms with Gasteiger partial charge in [-0.3, -0.25) is 0 Å². The van der Waals surface area contributed by atoms with Crippen LogP contribution in [0.1, 0.15) is 13.8 Å². The summed E-state index contributed by atoms with van der Waals surface area (Å²) in [6, 6.07) is 17.8. The Kier molecular flexibility index (Phi) is 10.9. The van der Waals surface area contributed by atoms with Crippen LogP contribution in [0.4, 0.5) is 21.0 Å². The van der Waals surface area contributed by atoms with Gasteiger partial charge in [-0.2, -0.15) is 0 Å². The molecule has 0 spiro atoms. The third-order valence-electron chi connectivity index (χ3n) is 3.21. The molecule has 0 aliphatic rings. The van der Waals surface area contributed by atoms with Crippen LogP contribution in [0.5, 0.6) is 0 Å². The van der Waals surface area contributed by atoms with Gasteiger partial charge in [0.25, 0.3) is 0 Å². The zero-order chi connectivity index (χ0) is 17.9. The van der Waals surface area contributed by atoms with Crippen LogP contribution in [0, 0.1) is 0 Å². The Labute approximate surface area is 160 Å². The number of benzene rings is 2. The molecule has 0 aliphatic heterocycles. The minimum Gasteiger partial charge on any atom is -0.530 e. The maximum absolute atomic E-state index is 10.5. The van der Waals surface area contributed by atoms with Crippen LogP contribution in [-0.4, -0.2) is 25.3 Å². The molecule has 2 rings (SSSR count). The van der Waals surface area contributed by atoms with E-state index >= 15 is 0 Å². The molecule has 2 aromatic carbocycles. The van der Waals surface area contributed by atoms with E-state index in [0.29, 0.717) is 24.5 Å². The van der Waals surface area contributed by atoms with Crippen molar-refractivity contribution in [1.29, 1.82) is 0 Å². The fraction of sp³-hybridized carbons (Fsp3) is 0.222. The molecule has 0 bridgehead atoms. The van der Waals surface area contributed by atoms with Crippen LogP contribution in [0.25, 0.3) is 0 Å². The molecule has 0 aliphatic carbocycles. The predicted octanol–water partition coefficient (Wildman–Crippen LogP) is 1.71. The van der Waals surface area contributed by atoms with Gasteiger partial charge in [0.2, 0.25) is 0 Å². The molecule has 6 nitrogen and oxygen atoms in total. The van der Waals surface area contributed by atoms with Gasteiger partial charge in [-0.05, 0) is 38.1 Å². The Morgan fingerprint density at radius 3 is 1.20 bits per heavy atom. The topological polar surface area (TPSA) is 86.7 Å². The van der Waals surface area contributed by atoms with Gasteiger partial charge in [-0.1, -0.05) is 36.4 Å². The van der Waals surface area contributed by atoms with E-state index in [-0.39, 0.29) is 19.5 Å². The Balaban J connectivity index is 0.000000443. The van der Waals surface area contributed by atoms with Crippen LogP contribution < -0.4 is 20.0 Å². The monoisotopic (exact) mass is 392 g/mol. The Morgan fingerprint density at radius 2 is 1.00 bits per heavy atom. The summed E-state index contributed by atoms with van der Waals surface area (Å²) in [6.07, 6.45) is -2.33. The van der Waals surface area contributed by atoms with E-state index in [1.807, 2.05) is 12.1 Å². The molecule has 0 radical (unpaired) electrons. The largest absolute Gasteiger partial charge is 2.00 e. The Morgan fingerprint density at radius 1 is 0.720 bits per heavy atom. The number of anilines is 2. The molecular weight excluding hydrogens is 374 g/mol. The first-order valence-corrected chi connectivity index (χ1v) is 7.58. The van der Waals surface area contributed by atoms with Crippen molar-refractivity contribution in [3.05, 3.63) is 60.7 Å². The predicted molar refractivity (Wildman–Crippen MR) is 89.7 cm³/mol. The van der Waals surface area contributed by atoms with Gasteiger partial charge in [0.05, 0.1) is 0 Å². The van der Waals surface area contributed by atoms with Crippen molar-refractivity contribution in [2.45, 2.75) is 13.8 Å². The Hall–Kier alpha value is -2.40. The van der Waals surface area contributed by atoms with Gasteiger partial charge in [0.15, 0.2) is 0 Å². The normalized spacial score (nSPS) is 9.04. The third kappa shape index (κ3) is 7.35. The third-order valence-corrected chi connectivity index (χ3v) is 3.21. The van der Waals surface area contributed by atoms with E-state index < -0.39 is 12.2 Å². The maximum Gasteiger partial charge on any atom is 2.00 e. The van der Waals surface area contributed by atoms with E-state index in [1.165, 1.54) is 9.80 Å². The molecule has 2 amide bonds. The second-order valence-corrected chi connectivity index (χ2v) is 4.69. The Bertz CT molecular complexity index is 581. The van der Waals surface area contributed by atoms with Crippen molar-refractivity contribution >= 4 is 23.6 Å². The minimum absolute atomic E-state index is 0. The number of carbonyl (C=O) groups excluding carboxylic acids is 2. The summed E-state index contributed by atoms with van der Waals surface area (Å²) in [6.45, 7) is 4.35. The van der Waals surface area contributed by atoms with E-state index in [9.17, 15) is 19.8 Å². The summed E-state index contributed by atoms with van der Waals surface area (Å²) in [4.78, 5) is 23.5. The van der Waals surface area contributed by atoms with Crippen LogP contribution in [0.2, 0.25) is 0 Å². The van der Waals surface area contributed by atoms with Gasteiger partial charge in [-0.25, -0.2) is 0 Å².